The third-order valence-electron chi connectivity index (χ3n) is 5.24. The first-order chi connectivity index (χ1) is 14.8. The van der Waals surface area contributed by atoms with Crippen molar-refractivity contribution < 1.29 is 14.3 Å². The van der Waals surface area contributed by atoms with Crippen LogP contribution < -0.4 is 15.0 Å². The number of anilines is 2. The van der Waals surface area contributed by atoms with Crippen molar-refractivity contribution in [2.24, 2.45) is 0 Å². The van der Waals surface area contributed by atoms with Crippen molar-refractivity contribution in [3.8, 4) is 17.0 Å². The Morgan fingerprint density at radius 2 is 1.94 bits per heavy atom. The number of benzene rings is 2. The number of carbonyl (C=O) groups excluding carboxylic acids is 2. The molecule has 1 aromatic heterocycles. The lowest BCUT2D eigenvalue weighted by molar-refractivity contribution is -0.123. The Morgan fingerprint density at radius 3 is 2.58 bits per heavy atom. The highest BCUT2D eigenvalue weighted by Crippen LogP contribution is 2.37. The van der Waals surface area contributed by atoms with Gasteiger partial charge in [0.25, 0.3) is 5.91 Å². The van der Waals surface area contributed by atoms with Crippen molar-refractivity contribution in [1.82, 2.24) is 4.98 Å². The summed E-state index contributed by atoms with van der Waals surface area (Å²) in [6.45, 7) is 8.07. The molecule has 1 N–H and O–H groups in total. The summed E-state index contributed by atoms with van der Waals surface area (Å²) in [4.78, 5) is 32.5. The van der Waals surface area contributed by atoms with E-state index in [0.717, 1.165) is 21.1 Å². The van der Waals surface area contributed by atoms with Gasteiger partial charge < -0.3 is 10.1 Å². The molecule has 7 heteroatoms. The van der Waals surface area contributed by atoms with Gasteiger partial charge in [-0.2, -0.15) is 0 Å². The predicted molar refractivity (Wildman–Crippen MR) is 124 cm³/mol. The van der Waals surface area contributed by atoms with Crippen LogP contribution in [0, 0.1) is 13.8 Å². The van der Waals surface area contributed by atoms with Gasteiger partial charge in [0, 0.05) is 16.1 Å². The molecule has 2 aromatic carbocycles. The van der Waals surface area contributed by atoms with E-state index < -0.39 is 0 Å². The Labute approximate surface area is 185 Å². The molecule has 0 saturated heterocycles. The van der Waals surface area contributed by atoms with Crippen LogP contribution >= 0.6 is 11.3 Å². The zero-order valence-electron chi connectivity index (χ0n) is 18.1. The molecule has 0 fully saturated rings. The number of carbonyl (C=O) groups is 2. The molecule has 0 atom stereocenters. The summed E-state index contributed by atoms with van der Waals surface area (Å²) in [5, 5.41) is 3.86. The number of hydrogen-bond acceptors (Lipinski definition) is 5. The summed E-state index contributed by atoms with van der Waals surface area (Å²) < 4.78 is 5.59. The van der Waals surface area contributed by atoms with E-state index in [-0.39, 0.29) is 25.0 Å². The van der Waals surface area contributed by atoms with Crippen molar-refractivity contribution in [1.29, 1.82) is 0 Å². The van der Waals surface area contributed by atoms with Gasteiger partial charge in [-0.1, -0.05) is 26.0 Å². The number of nitrogens with zero attached hydrogens (tertiary/aromatic N) is 2. The van der Waals surface area contributed by atoms with Crippen LogP contribution in [0.2, 0.25) is 0 Å². The van der Waals surface area contributed by atoms with Gasteiger partial charge in [-0.05, 0) is 55.7 Å². The molecule has 0 aliphatic carbocycles. The Morgan fingerprint density at radius 1 is 1.19 bits per heavy atom. The maximum absolute atomic E-state index is 12.7. The summed E-state index contributed by atoms with van der Waals surface area (Å²) >= 11 is 1.63. The minimum absolute atomic E-state index is 0.0837. The molecule has 1 aliphatic heterocycles. The molecule has 31 heavy (non-hydrogen) atoms. The molecule has 4 rings (SSSR count). The highest BCUT2D eigenvalue weighted by molar-refractivity contribution is 7.11. The van der Waals surface area contributed by atoms with Crippen molar-refractivity contribution in [3.05, 3.63) is 57.9 Å². The van der Waals surface area contributed by atoms with E-state index in [0.29, 0.717) is 23.0 Å². The van der Waals surface area contributed by atoms with Gasteiger partial charge in [0.15, 0.2) is 6.61 Å². The number of aromatic nitrogens is 1. The summed E-state index contributed by atoms with van der Waals surface area (Å²) in [5.41, 5.74) is 4.28. The van der Waals surface area contributed by atoms with Gasteiger partial charge in [-0.3, -0.25) is 14.5 Å². The summed E-state index contributed by atoms with van der Waals surface area (Å²) in [5.74, 6) is 0.499. The van der Waals surface area contributed by atoms with Crippen LogP contribution in [0.15, 0.2) is 42.5 Å². The molecule has 0 radical (unpaired) electrons. The Kier molecular flexibility index (Phi) is 5.78. The maximum atomic E-state index is 12.7. The second-order valence-electron chi connectivity index (χ2n) is 7.91. The number of aryl methyl sites for hydroxylation is 2. The van der Waals surface area contributed by atoms with Gasteiger partial charge >= 0.3 is 0 Å². The topological polar surface area (TPSA) is 71.5 Å². The number of rotatable bonds is 5. The van der Waals surface area contributed by atoms with Crippen LogP contribution in [0.5, 0.6) is 5.75 Å². The number of amides is 2. The van der Waals surface area contributed by atoms with Crippen LogP contribution in [0.25, 0.3) is 11.3 Å². The maximum Gasteiger partial charge on any atom is 0.265 e. The molecule has 1 aliphatic rings. The second kappa shape index (κ2) is 8.51. The fourth-order valence-corrected chi connectivity index (χ4v) is 4.46. The highest BCUT2D eigenvalue weighted by atomic mass is 32.1. The molecule has 0 unspecified atom stereocenters. The number of thiazole rings is 1. The van der Waals surface area contributed by atoms with Crippen LogP contribution in [0.4, 0.5) is 11.4 Å². The average Bonchev–Trinajstić information content (AvgIpc) is 3.08. The second-order valence-corrected chi connectivity index (χ2v) is 9.32. The standard InChI is InChI=1S/C24H25N3O3S/c1-14(2)17-5-8-19(9-6-17)26-22(28)12-27-20-11-18(24-15(3)31-16(4)25-24)7-10-21(20)30-13-23(27)29/h5-11,14H,12-13H2,1-4H3,(H,26,28). The van der Waals surface area contributed by atoms with Crippen molar-refractivity contribution in [3.63, 3.8) is 0 Å². The number of fused-ring (bicyclic) bond motifs is 1. The van der Waals surface area contributed by atoms with Crippen molar-refractivity contribution in [2.45, 2.75) is 33.6 Å². The zero-order chi connectivity index (χ0) is 22.1. The number of hydrogen-bond donors (Lipinski definition) is 1. The van der Waals surface area contributed by atoms with E-state index in [1.54, 1.807) is 11.3 Å². The minimum atomic E-state index is -0.260. The van der Waals surface area contributed by atoms with Gasteiger partial charge in [-0.25, -0.2) is 4.98 Å². The summed E-state index contributed by atoms with van der Waals surface area (Å²) in [7, 11) is 0. The molecule has 160 valence electrons. The fourth-order valence-electron chi connectivity index (χ4n) is 3.61. The molecule has 0 bridgehead atoms. The van der Waals surface area contributed by atoms with Crippen LogP contribution in [-0.2, 0) is 9.59 Å². The molecule has 2 amide bonds. The molecule has 0 saturated carbocycles. The van der Waals surface area contributed by atoms with Crippen molar-refractivity contribution in [2.75, 3.05) is 23.4 Å². The quantitative estimate of drug-likeness (QED) is 0.618. The zero-order valence-corrected chi connectivity index (χ0v) is 18.9. The SMILES string of the molecule is Cc1nc(-c2ccc3c(c2)N(CC(=O)Nc2ccc(C(C)C)cc2)C(=O)CO3)c(C)s1. The van der Waals surface area contributed by atoms with Crippen LogP contribution in [-0.4, -0.2) is 29.9 Å². The fraction of sp³-hybridized carbons (Fsp3) is 0.292. The van der Waals surface area contributed by atoms with E-state index in [2.05, 4.69) is 24.1 Å². The van der Waals surface area contributed by atoms with Gasteiger partial charge in [-0.15, -0.1) is 11.3 Å². The third-order valence-corrected chi connectivity index (χ3v) is 6.13. The summed E-state index contributed by atoms with van der Waals surface area (Å²) in [6.07, 6.45) is 0. The Balaban J connectivity index is 1.56. The molecular weight excluding hydrogens is 410 g/mol. The van der Waals surface area contributed by atoms with Crippen LogP contribution in [0.3, 0.4) is 0 Å². The number of nitrogens with one attached hydrogen (secondary N) is 1. The lowest BCUT2D eigenvalue weighted by Crippen LogP contribution is -2.43. The largest absolute Gasteiger partial charge is 0.482 e. The monoisotopic (exact) mass is 435 g/mol. The first kappa shape index (κ1) is 21.1. The normalized spacial score (nSPS) is 13.2. The van der Waals surface area contributed by atoms with E-state index >= 15 is 0 Å². The highest BCUT2D eigenvalue weighted by Gasteiger charge is 2.28. The van der Waals surface area contributed by atoms with E-state index in [9.17, 15) is 9.59 Å². The first-order valence-electron chi connectivity index (χ1n) is 10.2. The minimum Gasteiger partial charge on any atom is -0.482 e. The average molecular weight is 436 g/mol. The smallest absolute Gasteiger partial charge is 0.265 e. The van der Waals surface area contributed by atoms with E-state index in [4.69, 9.17) is 4.74 Å². The lowest BCUT2D eigenvalue weighted by atomic mass is 10.0. The molecule has 6 nitrogen and oxygen atoms in total. The van der Waals surface area contributed by atoms with Gasteiger partial charge in [0.05, 0.1) is 16.4 Å². The van der Waals surface area contributed by atoms with E-state index in [1.807, 2.05) is 56.3 Å². The predicted octanol–water partition coefficient (Wildman–Crippen LogP) is 4.91. The number of ether oxygens (including phenoxy) is 1. The molecule has 0 spiro atoms. The molecule has 2 heterocycles. The third kappa shape index (κ3) is 4.46. The Hall–Kier alpha value is -3.19. The Bertz CT molecular complexity index is 1140. The molecule has 3 aromatic rings. The van der Waals surface area contributed by atoms with Gasteiger partial charge in [0.1, 0.15) is 12.3 Å². The summed E-state index contributed by atoms with van der Waals surface area (Å²) in [6, 6.07) is 13.4. The van der Waals surface area contributed by atoms with Crippen molar-refractivity contribution >= 4 is 34.5 Å². The van der Waals surface area contributed by atoms with Gasteiger partial charge in [0.2, 0.25) is 5.91 Å². The first-order valence-corrected chi connectivity index (χ1v) is 11.0. The lowest BCUT2D eigenvalue weighted by Gasteiger charge is -2.29. The van der Waals surface area contributed by atoms with Crippen LogP contribution in [0.1, 0.15) is 35.2 Å². The van der Waals surface area contributed by atoms with E-state index in [1.165, 1.54) is 10.5 Å². The molecular formula is C24H25N3O3S.